The smallest absolute Gasteiger partial charge is 0.0897 e. The van der Waals surface area contributed by atoms with E-state index < -0.39 is 5.60 Å². The average molecular weight is 192 g/mol. The SMILES string of the molecule is C=CC[C@]1(O)C=C(C)[C@@H]2C[C@H]1C2(C)C. The molecule has 0 heterocycles. The molecule has 14 heavy (non-hydrogen) atoms. The molecule has 3 rings (SSSR count). The van der Waals surface area contributed by atoms with E-state index in [1.165, 1.54) is 5.57 Å². The first kappa shape index (κ1) is 9.97. The fourth-order valence-corrected chi connectivity index (χ4v) is 3.57. The lowest BCUT2D eigenvalue weighted by Gasteiger charge is -2.62. The summed E-state index contributed by atoms with van der Waals surface area (Å²) in [6, 6.07) is 0. The topological polar surface area (TPSA) is 20.2 Å². The molecular formula is C13H20O. The lowest BCUT2D eigenvalue weighted by Crippen LogP contribution is -2.59. The van der Waals surface area contributed by atoms with Crippen LogP contribution in [0.3, 0.4) is 0 Å². The molecule has 3 atom stereocenters. The third kappa shape index (κ3) is 1.05. The van der Waals surface area contributed by atoms with Crippen molar-refractivity contribution in [3.8, 4) is 0 Å². The van der Waals surface area contributed by atoms with Gasteiger partial charge in [-0.2, -0.15) is 0 Å². The fraction of sp³-hybridized carbons (Fsp3) is 0.692. The van der Waals surface area contributed by atoms with Gasteiger partial charge in [-0.1, -0.05) is 31.6 Å². The fourth-order valence-electron chi connectivity index (χ4n) is 3.57. The summed E-state index contributed by atoms with van der Waals surface area (Å²) in [6.45, 7) is 10.4. The van der Waals surface area contributed by atoms with Gasteiger partial charge in [-0.25, -0.2) is 0 Å². The van der Waals surface area contributed by atoms with Crippen LogP contribution in [0.2, 0.25) is 0 Å². The molecule has 2 bridgehead atoms. The molecule has 1 fully saturated rings. The van der Waals surface area contributed by atoms with Gasteiger partial charge in [-0.05, 0) is 37.0 Å². The molecule has 78 valence electrons. The average Bonchev–Trinajstić information content (AvgIpc) is 2.01. The molecule has 0 spiro atoms. The van der Waals surface area contributed by atoms with Crippen LogP contribution in [0.1, 0.15) is 33.6 Å². The Morgan fingerprint density at radius 3 is 2.71 bits per heavy atom. The Balaban J connectivity index is 2.37. The Hall–Kier alpha value is -0.560. The Bertz CT molecular complexity index is 300. The summed E-state index contributed by atoms with van der Waals surface area (Å²) in [6.07, 6.45) is 5.74. The quantitative estimate of drug-likeness (QED) is 0.667. The zero-order chi connectivity index (χ0) is 10.6. The van der Waals surface area contributed by atoms with Crippen molar-refractivity contribution < 1.29 is 5.11 Å². The van der Waals surface area contributed by atoms with Crippen LogP contribution in [0.5, 0.6) is 0 Å². The highest BCUT2D eigenvalue weighted by molar-refractivity contribution is 5.30. The summed E-state index contributed by atoms with van der Waals surface area (Å²) in [4.78, 5) is 0. The van der Waals surface area contributed by atoms with Crippen molar-refractivity contribution in [2.45, 2.75) is 39.2 Å². The van der Waals surface area contributed by atoms with E-state index in [0.29, 0.717) is 18.3 Å². The van der Waals surface area contributed by atoms with E-state index in [0.717, 1.165) is 6.42 Å². The molecule has 1 nitrogen and oxygen atoms in total. The molecule has 0 radical (unpaired) electrons. The summed E-state index contributed by atoms with van der Waals surface area (Å²) >= 11 is 0. The third-order valence-electron chi connectivity index (χ3n) is 4.37. The van der Waals surface area contributed by atoms with Crippen molar-refractivity contribution in [3.63, 3.8) is 0 Å². The molecule has 1 saturated carbocycles. The van der Waals surface area contributed by atoms with Crippen LogP contribution in [0.15, 0.2) is 24.3 Å². The molecule has 0 aromatic carbocycles. The predicted octanol–water partition coefficient (Wildman–Crippen LogP) is 2.92. The van der Waals surface area contributed by atoms with Gasteiger partial charge in [0, 0.05) is 0 Å². The lowest BCUT2D eigenvalue weighted by molar-refractivity contribution is -0.134. The highest BCUT2D eigenvalue weighted by Gasteiger charge is 2.59. The molecule has 3 aliphatic carbocycles. The second-order valence-electron chi connectivity index (χ2n) is 5.53. The molecule has 0 aromatic heterocycles. The van der Waals surface area contributed by atoms with Crippen molar-refractivity contribution >= 4 is 0 Å². The van der Waals surface area contributed by atoms with E-state index in [2.05, 4.69) is 33.4 Å². The van der Waals surface area contributed by atoms with Gasteiger partial charge in [0.1, 0.15) is 0 Å². The second-order valence-corrected chi connectivity index (χ2v) is 5.53. The van der Waals surface area contributed by atoms with Gasteiger partial charge in [0.2, 0.25) is 0 Å². The van der Waals surface area contributed by atoms with Crippen molar-refractivity contribution in [3.05, 3.63) is 24.3 Å². The summed E-state index contributed by atoms with van der Waals surface area (Å²) in [5, 5.41) is 10.5. The van der Waals surface area contributed by atoms with E-state index in [1.54, 1.807) is 0 Å². The van der Waals surface area contributed by atoms with Gasteiger partial charge in [-0.15, -0.1) is 6.58 Å². The van der Waals surface area contributed by atoms with Gasteiger partial charge in [0.15, 0.2) is 0 Å². The highest BCUT2D eigenvalue weighted by Crippen LogP contribution is 2.62. The van der Waals surface area contributed by atoms with Crippen LogP contribution in [-0.2, 0) is 0 Å². The standard InChI is InChI=1S/C13H20O/c1-5-6-13(14)8-9(2)10-7-11(13)12(10,3)4/h5,8,10-11,14H,1,6-7H2,2-4H3/t10-,11-,13-/m0/s1. The summed E-state index contributed by atoms with van der Waals surface area (Å²) in [7, 11) is 0. The van der Waals surface area contributed by atoms with Gasteiger partial charge in [0.25, 0.3) is 0 Å². The number of hydrogen-bond donors (Lipinski definition) is 1. The van der Waals surface area contributed by atoms with Crippen LogP contribution in [0.25, 0.3) is 0 Å². The Kier molecular flexibility index (Phi) is 1.94. The maximum atomic E-state index is 10.5. The first-order valence-corrected chi connectivity index (χ1v) is 5.44. The van der Waals surface area contributed by atoms with Gasteiger partial charge in [0.05, 0.1) is 5.60 Å². The first-order valence-electron chi connectivity index (χ1n) is 5.44. The van der Waals surface area contributed by atoms with E-state index in [-0.39, 0.29) is 5.41 Å². The maximum Gasteiger partial charge on any atom is 0.0897 e. The molecule has 0 amide bonds. The Morgan fingerprint density at radius 2 is 2.29 bits per heavy atom. The molecule has 1 heteroatoms. The summed E-state index contributed by atoms with van der Waals surface area (Å²) in [5.74, 6) is 1.11. The molecule has 0 saturated heterocycles. The molecule has 0 unspecified atom stereocenters. The van der Waals surface area contributed by atoms with Crippen molar-refractivity contribution in [2.24, 2.45) is 17.3 Å². The Labute approximate surface area is 86.5 Å². The van der Waals surface area contributed by atoms with Gasteiger partial charge < -0.3 is 5.11 Å². The maximum absolute atomic E-state index is 10.5. The monoisotopic (exact) mass is 192 g/mol. The van der Waals surface area contributed by atoms with E-state index in [4.69, 9.17) is 0 Å². The lowest BCUT2D eigenvalue weighted by atomic mass is 9.44. The number of rotatable bonds is 2. The zero-order valence-corrected chi connectivity index (χ0v) is 9.38. The van der Waals surface area contributed by atoms with Crippen LogP contribution >= 0.6 is 0 Å². The van der Waals surface area contributed by atoms with Crippen LogP contribution in [0, 0.1) is 17.3 Å². The second kappa shape index (κ2) is 2.73. The number of fused-ring (bicyclic) bond motifs is 1. The summed E-state index contributed by atoms with van der Waals surface area (Å²) in [5.41, 5.74) is 1.02. The number of allylic oxidation sites excluding steroid dienone is 1. The third-order valence-corrected chi connectivity index (χ3v) is 4.37. The first-order chi connectivity index (χ1) is 6.42. The van der Waals surface area contributed by atoms with E-state index >= 15 is 0 Å². The minimum Gasteiger partial charge on any atom is -0.385 e. The largest absolute Gasteiger partial charge is 0.385 e. The van der Waals surface area contributed by atoms with Crippen molar-refractivity contribution in [1.82, 2.24) is 0 Å². The van der Waals surface area contributed by atoms with Crippen molar-refractivity contribution in [1.29, 1.82) is 0 Å². The number of hydrogen-bond acceptors (Lipinski definition) is 1. The highest BCUT2D eigenvalue weighted by atomic mass is 16.3. The molecular weight excluding hydrogens is 172 g/mol. The van der Waals surface area contributed by atoms with Crippen LogP contribution in [0.4, 0.5) is 0 Å². The molecule has 3 aliphatic rings. The molecule has 0 aliphatic heterocycles. The van der Waals surface area contributed by atoms with Gasteiger partial charge in [-0.3, -0.25) is 0 Å². The van der Waals surface area contributed by atoms with Crippen LogP contribution in [-0.4, -0.2) is 10.7 Å². The normalized spacial score (nSPS) is 43.9. The van der Waals surface area contributed by atoms with E-state index in [1.807, 2.05) is 6.08 Å². The zero-order valence-electron chi connectivity index (χ0n) is 9.38. The summed E-state index contributed by atoms with van der Waals surface area (Å²) < 4.78 is 0. The molecule has 0 aromatic rings. The molecule has 1 N–H and O–H groups in total. The number of aliphatic hydroxyl groups is 1. The Morgan fingerprint density at radius 1 is 1.64 bits per heavy atom. The van der Waals surface area contributed by atoms with Crippen molar-refractivity contribution in [2.75, 3.05) is 0 Å². The minimum atomic E-state index is -0.621. The van der Waals surface area contributed by atoms with Gasteiger partial charge >= 0.3 is 0 Å². The minimum absolute atomic E-state index is 0.274. The van der Waals surface area contributed by atoms with E-state index in [9.17, 15) is 5.11 Å². The van der Waals surface area contributed by atoms with Crippen LogP contribution < -0.4 is 0 Å². The predicted molar refractivity (Wildman–Crippen MR) is 58.9 cm³/mol.